The van der Waals surface area contributed by atoms with Crippen LogP contribution in [0, 0.1) is 19.8 Å². The lowest BCUT2D eigenvalue weighted by molar-refractivity contribution is 0.0995. The Morgan fingerprint density at radius 3 is 2.53 bits per heavy atom. The van der Waals surface area contributed by atoms with E-state index in [2.05, 4.69) is 10.3 Å². The second-order valence-electron chi connectivity index (χ2n) is 7.74. The van der Waals surface area contributed by atoms with E-state index in [1.54, 1.807) is 13.0 Å². The number of carbonyl (C=O) groups excluding carboxylic acids is 1. The Morgan fingerprint density at radius 1 is 1.12 bits per heavy atom. The number of aromatic nitrogens is 1. The highest BCUT2D eigenvalue weighted by Crippen LogP contribution is 2.32. The monoisotopic (exact) mass is 431 g/mol. The third-order valence-corrected chi connectivity index (χ3v) is 5.36. The molecular weight excluding hydrogens is 409 g/mol. The average molecular weight is 431 g/mol. The number of anilines is 1. The zero-order valence-electron chi connectivity index (χ0n) is 17.9. The van der Waals surface area contributed by atoms with Gasteiger partial charge in [-0.1, -0.05) is 36.4 Å². The zero-order valence-corrected chi connectivity index (χ0v) is 17.9. The molecule has 0 aliphatic rings. The van der Waals surface area contributed by atoms with Gasteiger partial charge in [-0.2, -0.15) is 4.39 Å². The van der Waals surface area contributed by atoms with Crippen LogP contribution in [0.3, 0.4) is 0 Å². The smallest absolute Gasteiger partial charge is 0.269 e. The summed E-state index contributed by atoms with van der Waals surface area (Å²) in [6.07, 6.45) is 0. The topological polar surface area (TPSA) is 98.2 Å². The van der Waals surface area contributed by atoms with Crippen molar-refractivity contribution in [1.29, 1.82) is 0 Å². The van der Waals surface area contributed by atoms with Crippen molar-refractivity contribution < 1.29 is 13.6 Å². The summed E-state index contributed by atoms with van der Waals surface area (Å²) in [5, 5.41) is 3.63. The van der Waals surface area contributed by atoms with Crippen molar-refractivity contribution in [3.05, 3.63) is 93.2 Å². The Morgan fingerprint density at radius 2 is 1.84 bits per heavy atom. The zero-order chi connectivity index (χ0) is 23.0. The lowest BCUT2D eigenvalue weighted by atomic mass is 9.98. The molecule has 4 rings (SSSR count). The summed E-state index contributed by atoms with van der Waals surface area (Å²) in [6, 6.07) is 15.3. The van der Waals surface area contributed by atoms with E-state index < -0.39 is 17.9 Å². The summed E-state index contributed by atoms with van der Waals surface area (Å²) >= 11 is 0. The van der Waals surface area contributed by atoms with Gasteiger partial charge in [-0.15, -0.1) is 0 Å². The van der Waals surface area contributed by atoms with Crippen molar-refractivity contribution in [2.75, 3.05) is 5.32 Å². The van der Waals surface area contributed by atoms with Gasteiger partial charge in [-0.05, 0) is 44.5 Å². The first kappa shape index (κ1) is 21.2. The summed E-state index contributed by atoms with van der Waals surface area (Å²) in [4.78, 5) is 28.5. The van der Waals surface area contributed by atoms with Crippen LogP contribution in [0.15, 0.2) is 63.8 Å². The Labute approximate surface area is 183 Å². The van der Waals surface area contributed by atoms with Crippen LogP contribution in [-0.2, 0) is 0 Å². The van der Waals surface area contributed by atoms with Crippen LogP contribution >= 0.6 is 0 Å². The number of hydrogen-bond acceptors (Lipinski definition) is 5. The van der Waals surface area contributed by atoms with Crippen molar-refractivity contribution in [1.82, 2.24) is 4.98 Å². The molecule has 2 aromatic heterocycles. The molecule has 0 bridgehead atoms. The van der Waals surface area contributed by atoms with E-state index in [0.717, 1.165) is 17.2 Å². The molecule has 7 heteroatoms. The Hall–Kier alpha value is -4.00. The molecular formula is C25H22FN3O3. The second kappa shape index (κ2) is 8.26. The van der Waals surface area contributed by atoms with Gasteiger partial charge in [0.1, 0.15) is 11.3 Å². The average Bonchev–Trinajstić information content (AvgIpc) is 2.77. The lowest BCUT2D eigenvalue weighted by Crippen LogP contribution is -2.19. The number of nitrogens with two attached hydrogens (primary N) is 1. The SMILES string of the molecule is Cc1cc([C@@H](C)Nc2ccc(F)nc2C(N)=O)c2oc(-c3ccccc3)c(C)c(=O)c2c1. The van der Waals surface area contributed by atoms with E-state index in [9.17, 15) is 14.0 Å². The summed E-state index contributed by atoms with van der Waals surface area (Å²) in [6.45, 7) is 5.49. The summed E-state index contributed by atoms with van der Waals surface area (Å²) in [7, 11) is 0. The van der Waals surface area contributed by atoms with Crippen LogP contribution in [0.2, 0.25) is 0 Å². The normalized spacial score (nSPS) is 12.0. The Kier molecular flexibility index (Phi) is 5.48. The first-order valence-electron chi connectivity index (χ1n) is 10.1. The molecule has 6 nitrogen and oxygen atoms in total. The molecule has 1 amide bonds. The van der Waals surface area contributed by atoms with E-state index in [0.29, 0.717) is 33.5 Å². The van der Waals surface area contributed by atoms with Crippen molar-refractivity contribution in [3.63, 3.8) is 0 Å². The maximum absolute atomic E-state index is 13.5. The van der Waals surface area contributed by atoms with Crippen LogP contribution in [0.1, 0.15) is 40.1 Å². The number of aryl methyl sites for hydroxylation is 1. The third-order valence-electron chi connectivity index (χ3n) is 5.36. The van der Waals surface area contributed by atoms with E-state index in [4.69, 9.17) is 10.2 Å². The van der Waals surface area contributed by atoms with Gasteiger partial charge in [0, 0.05) is 16.7 Å². The van der Waals surface area contributed by atoms with E-state index in [1.807, 2.05) is 50.2 Å². The number of halogens is 1. The lowest BCUT2D eigenvalue weighted by Gasteiger charge is -2.19. The molecule has 162 valence electrons. The van der Waals surface area contributed by atoms with Gasteiger partial charge in [-0.25, -0.2) is 4.98 Å². The number of rotatable bonds is 5. The number of nitrogens with one attached hydrogen (secondary N) is 1. The van der Waals surface area contributed by atoms with Crippen LogP contribution in [0.25, 0.3) is 22.3 Å². The van der Waals surface area contributed by atoms with Gasteiger partial charge in [0.05, 0.1) is 17.1 Å². The molecule has 0 unspecified atom stereocenters. The maximum atomic E-state index is 13.5. The third kappa shape index (κ3) is 3.85. The highest BCUT2D eigenvalue weighted by molar-refractivity contribution is 5.96. The minimum absolute atomic E-state index is 0.108. The van der Waals surface area contributed by atoms with Gasteiger partial charge >= 0.3 is 0 Å². The molecule has 0 fully saturated rings. The predicted octanol–water partition coefficient (Wildman–Crippen LogP) is 4.88. The van der Waals surface area contributed by atoms with E-state index in [1.165, 1.54) is 6.07 Å². The largest absolute Gasteiger partial charge is 0.455 e. The molecule has 0 aliphatic heterocycles. The molecule has 2 heterocycles. The number of hydrogen-bond donors (Lipinski definition) is 2. The predicted molar refractivity (Wildman–Crippen MR) is 122 cm³/mol. The van der Waals surface area contributed by atoms with Crippen LogP contribution in [-0.4, -0.2) is 10.9 Å². The molecule has 3 N–H and O–H groups in total. The van der Waals surface area contributed by atoms with Crippen molar-refractivity contribution in [3.8, 4) is 11.3 Å². The quantitative estimate of drug-likeness (QED) is 0.439. The molecule has 4 aromatic rings. The number of nitrogens with zero attached hydrogens (tertiary/aromatic N) is 1. The number of amides is 1. The highest BCUT2D eigenvalue weighted by Gasteiger charge is 2.20. The van der Waals surface area contributed by atoms with Crippen LogP contribution < -0.4 is 16.5 Å². The Bertz CT molecular complexity index is 1400. The molecule has 32 heavy (non-hydrogen) atoms. The maximum Gasteiger partial charge on any atom is 0.269 e. The molecule has 0 saturated carbocycles. The fourth-order valence-corrected chi connectivity index (χ4v) is 3.80. The van der Waals surface area contributed by atoms with E-state index in [-0.39, 0.29) is 11.1 Å². The van der Waals surface area contributed by atoms with Gasteiger partial charge in [0.25, 0.3) is 5.91 Å². The fourth-order valence-electron chi connectivity index (χ4n) is 3.80. The van der Waals surface area contributed by atoms with Crippen LogP contribution in [0.5, 0.6) is 0 Å². The highest BCUT2D eigenvalue weighted by atomic mass is 19.1. The summed E-state index contributed by atoms with van der Waals surface area (Å²) in [5.41, 5.74) is 8.72. The number of carbonyl (C=O) groups is 1. The molecule has 0 aliphatic carbocycles. The Balaban J connectivity index is 1.88. The standard InChI is InChI=1S/C25H22FN3O3/c1-13-11-17(15(3)28-19-9-10-20(26)29-21(19)25(27)31)24-18(12-13)22(30)14(2)23(32-24)16-7-5-4-6-8-16/h4-12,15,28H,1-3H3,(H2,27,31)/t15-/m1/s1. The molecule has 0 saturated heterocycles. The minimum atomic E-state index is -0.846. The number of primary amides is 1. The molecule has 0 spiro atoms. The van der Waals surface area contributed by atoms with Gasteiger partial charge in [-0.3, -0.25) is 9.59 Å². The van der Waals surface area contributed by atoms with E-state index >= 15 is 0 Å². The van der Waals surface area contributed by atoms with Crippen molar-refractivity contribution in [2.24, 2.45) is 5.73 Å². The van der Waals surface area contributed by atoms with Crippen molar-refractivity contribution in [2.45, 2.75) is 26.8 Å². The number of benzene rings is 2. The molecule has 1 atom stereocenters. The summed E-state index contributed by atoms with van der Waals surface area (Å²) in [5.74, 6) is -1.14. The van der Waals surface area contributed by atoms with Crippen LogP contribution in [0.4, 0.5) is 10.1 Å². The minimum Gasteiger partial charge on any atom is -0.455 e. The fraction of sp³-hybridized carbons (Fsp3) is 0.160. The van der Waals surface area contributed by atoms with Gasteiger partial charge < -0.3 is 15.5 Å². The molecule has 0 radical (unpaired) electrons. The number of pyridine rings is 1. The number of fused-ring (bicyclic) bond motifs is 1. The van der Waals surface area contributed by atoms with Gasteiger partial charge in [0.2, 0.25) is 5.95 Å². The first-order valence-corrected chi connectivity index (χ1v) is 10.1. The second-order valence-corrected chi connectivity index (χ2v) is 7.74. The molecule has 2 aromatic carbocycles. The summed E-state index contributed by atoms with van der Waals surface area (Å²) < 4.78 is 19.8. The first-order chi connectivity index (χ1) is 15.3. The van der Waals surface area contributed by atoms with Gasteiger partial charge in [0.15, 0.2) is 11.1 Å². The van der Waals surface area contributed by atoms with Crippen molar-refractivity contribution >= 4 is 22.6 Å².